The number of ether oxygens (including phenoxy) is 2. The second-order valence-electron chi connectivity index (χ2n) is 7.40. The monoisotopic (exact) mass is 468 g/mol. The SMILES string of the molecule is COc1ccc(NC(=O)CCc2ccc(S(=O)(=O)NCCc3ccccc3)cc2)cc1OC. The summed E-state index contributed by atoms with van der Waals surface area (Å²) in [6.45, 7) is 0.324. The fourth-order valence-electron chi connectivity index (χ4n) is 3.29. The number of hydrogen-bond donors (Lipinski definition) is 2. The van der Waals surface area contributed by atoms with Gasteiger partial charge in [0, 0.05) is 24.7 Å². The lowest BCUT2D eigenvalue weighted by Crippen LogP contribution is -2.26. The van der Waals surface area contributed by atoms with Gasteiger partial charge >= 0.3 is 0 Å². The highest BCUT2D eigenvalue weighted by atomic mass is 32.2. The van der Waals surface area contributed by atoms with Crippen molar-refractivity contribution in [2.75, 3.05) is 26.1 Å². The Kier molecular flexibility index (Phi) is 8.46. The zero-order valence-corrected chi connectivity index (χ0v) is 19.5. The van der Waals surface area contributed by atoms with Gasteiger partial charge in [0.1, 0.15) is 0 Å². The predicted molar refractivity (Wildman–Crippen MR) is 128 cm³/mol. The molecule has 174 valence electrons. The number of methoxy groups -OCH3 is 2. The number of carbonyl (C=O) groups is 1. The standard InChI is InChI=1S/C25H28N2O5S/c1-31-23-14-11-21(18-24(23)32-2)27-25(28)15-10-20-8-12-22(13-9-20)33(29,30)26-17-16-19-6-4-3-5-7-19/h3-9,11-14,18,26H,10,15-17H2,1-2H3,(H,27,28). The fraction of sp³-hybridized carbons (Fsp3) is 0.240. The summed E-state index contributed by atoms with van der Waals surface area (Å²) in [5.41, 5.74) is 2.56. The van der Waals surface area contributed by atoms with Crippen LogP contribution in [-0.4, -0.2) is 35.1 Å². The van der Waals surface area contributed by atoms with Crippen molar-refractivity contribution < 1.29 is 22.7 Å². The maximum atomic E-state index is 12.5. The average molecular weight is 469 g/mol. The third-order valence-electron chi connectivity index (χ3n) is 5.09. The Morgan fingerprint density at radius 1 is 0.818 bits per heavy atom. The molecule has 3 rings (SSSR count). The zero-order valence-electron chi connectivity index (χ0n) is 18.7. The van der Waals surface area contributed by atoms with Crippen LogP contribution in [0.3, 0.4) is 0 Å². The van der Waals surface area contributed by atoms with Gasteiger partial charge in [0.05, 0.1) is 19.1 Å². The molecule has 2 N–H and O–H groups in total. The molecule has 1 amide bonds. The van der Waals surface area contributed by atoms with E-state index in [0.717, 1.165) is 11.1 Å². The third kappa shape index (κ3) is 7.06. The molecule has 8 heteroatoms. The van der Waals surface area contributed by atoms with Crippen molar-refractivity contribution in [3.63, 3.8) is 0 Å². The molecule has 3 aromatic carbocycles. The first-order valence-electron chi connectivity index (χ1n) is 10.6. The number of sulfonamides is 1. The van der Waals surface area contributed by atoms with Crippen molar-refractivity contribution in [2.45, 2.75) is 24.2 Å². The number of carbonyl (C=O) groups excluding carboxylic acids is 1. The van der Waals surface area contributed by atoms with Gasteiger partial charge in [-0.1, -0.05) is 42.5 Å². The summed E-state index contributed by atoms with van der Waals surface area (Å²) >= 11 is 0. The minimum atomic E-state index is -3.58. The van der Waals surface area contributed by atoms with E-state index in [2.05, 4.69) is 10.0 Å². The lowest BCUT2D eigenvalue weighted by molar-refractivity contribution is -0.116. The summed E-state index contributed by atoms with van der Waals surface area (Å²) in [7, 11) is -0.500. The molecule has 0 heterocycles. The van der Waals surface area contributed by atoms with Crippen molar-refractivity contribution in [1.29, 1.82) is 0 Å². The van der Waals surface area contributed by atoms with E-state index in [0.29, 0.717) is 36.6 Å². The lowest BCUT2D eigenvalue weighted by atomic mass is 10.1. The third-order valence-corrected chi connectivity index (χ3v) is 6.57. The topological polar surface area (TPSA) is 93.7 Å². The molecule has 0 spiro atoms. The van der Waals surface area contributed by atoms with Crippen molar-refractivity contribution >= 4 is 21.6 Å². The van der Waals surface area contributed by atoms with E-state index in [-0.39, 0.29) is 17.2 Å². The summed E-state index contributed by atoms with van der Waals surface area (Å²) in [5.74, 6) is 0.964. The maximum Gasteiger partial charge on any atom is 0.240 e. The summed E-state index contributed by atoms with van der Waals surface area (Å²) in [5, 5.41) is 2.83. The van der Waals surface area contributed by atoms with E-state index in [4.69, 9.17) is 9.47 Å². The number of anilines is 1. The largest absolute Gasteiger partial charge is 0.493 e. The Morgan fingerprint density at radius 3 is 2.15 bits per heavy atom. The molecule has 0 aliphatic carbocycles. The summed E-state index contributed by atoms with van der Waals surface area (Å²) in [6, 6.07) is 21.5. The molecule has 0 atom stereocenters. The highest BCUT2D eigenvalue weighted by Gasteiger charge is 2.13. The Hall–Kier alpha value is -3.36. The number of hydrogen-bond acceptors (Lipinski definition) is 5. The first-order chi connectivity index (χ1) is 15.9. The first-order valence-corrected chi connectivity index (χ1v) is 12.0. The summed E-state index contributed by atoms with van der Waals surface area (Å²) in [4.78, 5) is 12.5. The Labute approximate surface area is 194 Å². The van der Waals surface area contributed by atoms with Crippen LogP contribution in [0.1, 0.15) is 17.5 Å². The molecule has 3 aromatic rings. The van der Waals surface area contributed by atoms with Crippen molar-refractivity contribution in [1.82, 2.24) is 4.72 Å². The fourth-order valence-corrected chi connectivity index (χ4v) is 4.32. The molecule has 0 saturated carbocycles. The minimum Gasteiger partial charge on any atom is -0.493 e. The van der Waals surface area contributed by atoms with Crippen LogP contribution >= 0.6 is 0 Å². The molecular formula is C25H28N2O5S. The Bertz CT molecular complexity index is 1160. The van der Waals surface area contributed by atoms with Crippen molar-refractivity contribution in [3.8, 4) is 11.5 Å². The molecular weight excluding hydrogens is 440 g/mol. The van der Waals surface area contributed by atoms with Crippen LogP contribution in [0.15, 0.2) is 77.7 Å². The number of benzene rings is 3. The van der Waals surface area contributed by atoms with E-state index in [1.165, 1.54) is 7.11 Å². The average Bonchev–Trinajstić information content (AvgIpc) is 2.83. The van der Waals surface area contributed by atoms with Crippen LogP contribution in [0.2, 0.25) is 0 Å². The summed E-state index contributed by atoms with van der Waals surface area (Å²) < 4.78 is 38.1. The first kappa shape index (κ1) is 24.3. The normalized spacial score (nSPS) is 11.1. The van der Waals surface area contributed by atoms with Gasteiger partial charge in [0.15, 0.2) is 11.5 Å². The molecule has 0 aliphatic rings. The van der Waals surface area contributed by atoms with Crippen LogP contribution in [-0.2, 0) is 27.7 Å². The van der Waals surface area contributed by atoms with E-state index < -0.39 is 10.0 Å². The van der Waals surface area contributed by atoms with Gasteiger partial charge in [-0.25, -0.2) is 13.1 Å². The molecule has 7 nitrogen and oxygen atoms in total. The molecule has 0 radical (unpaired) electrons. The number of aryl methyl sites for hydroxylation is 1. The molecule has 0 bridgehead atoms. The van der Waals surface area contributed by atoms with Gasteiger partial charge in [-0.15, -0.1) is 0 Å². The molecule has 0 aromatic heterocycles. The smallest absolute Gasteiger partial charge is 0.240 e. The number of amides is 1. The van der Waals surface area contributed by atoms with E-state index in [1.807, 2.05) is 30.3 Å². The molecule has 0 saturated heterocycles. The highest BCUT2D eigenvalue weighted by Crippen LogP contribution is 2.29. The summed E-state index contributed by atoms with van der Waals surface area (Å²) in [6.07, 6.45) is 1.37. The lowest BCUT2D eigenvalue weighted by Gasteiger charge is -2.11. The Morgan fingerprint density at radius 2 is 1.48 bits per heavy atom. The second-order valence-corrected chi connectivity index (χ2v) is 9.16. The van der Waals surface area contributed by atoms with Crippen LogP contribution in [0.5, 0.6) is 11.5 Å². The van der Waals surface area contributed by atoms with Gasteiger partial charge in [-0.2, -0.15) is 0 Å². The van der Waals surface area contributed by atoms with Gasteiger partial charge in [0.2, 0.25) is 15.9 Å². The van der Waals surface area contributed by atoms with E-state index in [1.54, 1.807) is 49.6 Å². The minimum absolute atomic E-state index is 0.151. The Balaban J connectivity index is 1.50. The van der Waals surface area contributed by atoms with Crippen LogP contribution < -0.4 is 19.5 Å². The van der Waals surface area contributed by atoms with E-state index in [9.17, 15) is 13.2 Å². The quantitative estimate of drug-likeness (QED) is 0.447. The van der Waals surface area contributed by atoms with E-state index >= 15 is 0 Å². The molecule has 0 aliphatic heterocycles. The highest BCUT2D eigenvalue weighted by molar-refractivity contribution is 7.89. The van der Waals surface area contributed by atoms with Crippen LogP contribution in [0.25, 0.3) is 0 Å². The van der Waals surface area contributed by atoms with Crippen molar-refractivity contribution in [2.24, 2.45) is 0 Å². The maximum absolute atomic E-state index is 12.5. The molecule has 0 fully saturated rings. The van der Waals surface area contributed by atoms with Gasteiger partial charge in [-0.05, 0) is 48.2 Å². The number of rotatable bonds is 11. The van der Waals surface area contributed by atoms with Gasteiger partial charge in [0.25, 0.3) is 0 Å². The predicted octanol–water partition coefficient (Wildman–Crippen LogP) is 3.80. The van der Waals surface area contributed by atoms with Gasteiger partial charge < -0.3 is 14.8 Å². The number of nitrogens with one attached hydrogen (secondary N) is 2. The zero-order chi connectivity index (χ0) is 23.7. The molecule has 33 heavy (non-hydrogen) atoms. The van der Waals surface area contributed by atoms with Crippen molar-refractivity contribution in [3.05, 3.63) is 83.9 Å². The van der Waals surface area contributed by atoms with Crippen LogP contribution in [0, 0.1) is 0 Å². The van der Waals surface area contributed by atoms with Crippen LogP contribution in [0.4, 0.5) is 5.69 Å². The molecule has 0 unspecified atom stereocenters. The van der Waals surface area contributed by atoms with Gasteiger partial charge in [-0.3, -0.25) is 4.79 Å². The second kappa shape index (κ2) is 11.5.